The lowest BCUT2D eigenvalue weighted by atomic mass is 10.1. The number of carbonyl (C=O) groups excluding carboxylic acids is 1. The summed E-state index contributed by atoms with van der Waals surface area (Å²) in [7, 11) is 0. The second-order valence-corrected chi connectivity index (χ2v) is 8.25. The second-order valence-electron chi connectivity index (χ2n) is 7.44. The second kappa shape index (κ2) is 10.8. The van der Waals surface area contributed by atoms with Gasteiger partial charge in [-0.15, -0.1) is 0 Å². The van der Waals surface area contributed by atoms with E-state index < -0.39 is 10.9 Å². The van der Waals surface area contributed by atoms with Gasteiger partial charge in [0.25, 0.3) is 5.69 Å². The SMILES string of the molecule is CCOc1cc(/C=C2\N=C(c3ccc([N+](=O)[O-])cc3Cl)OC2=O)cc(Cl)c1OCc1cccc(F)c1. The molecule has 0 aromatic heterocycles. The van der Waals surface area contributed by atoms with Crippen LogP contribution in [0.5, 0.6) is 11.5 Å². The Balaban J connectivity index is 1.62. The van der Waals surface area contributed by atoms with Crippen molar-refractivity contribution in [1.82, 2.24) is 0 Å². The molecule has 0 spiro atoms. The minimum atomic E-state index is -0.736. The van der Waals surface area contributed by atoms with Crippen LogP contribution in [0, 0.1) is 15.9 Å². The zero-order chi connectivity index (χ0) is 25.8. The van der Waals surface area contributed by atoms with Crippen LogP contribution in [0.4, 0.5) is 10.1 Å². The molecule has 0 fully saturated rings. The molecule has 0 radical (unpaired) electrons. The smallest absolute Gasteiger partial charge is 0.363 e. The Morgan fingerprint density at radius 3 is 2.61 bits per heavy atom. The van der Waals surface area contributed by atoms with Crippen LogP contribution < -0.4 is 9.47 Å². The van der Waals surface area contributed by atoms with Gasteiger partial charge in [-0.2, -0.15) is 0 Å². The lowest BCUT2D eigenvalue weighted by molar-refractivity contribution is -0.384. The molecule has 1 heterocycles. The number of benzene rings is 3. The number of nitro benzene ring substituents is 1. The molecule has 0 amide bonds. The van der Waals surface area contributed by atoms with Crippen LogP contribution in [0.2, 0.25) is 10.0 Å². The first-order valence-corrected chi connectivity index (χ1v) is 11.3. The van der Waals surface area contributed by atoms with Crippen molar-refractivity contribution in [2.45, 2.75) is 13.5 Å². The van der Waals surface area contributed by atoms with Crippen LogP contribution in [-0.2, 0) is 16.1 Å². The highest BCUT2D eigenvalue weighted by molar-refractivity contribution is 6.35. The first-order valence-electron chi connectivity index (χ1n) is 10.6. The van der Waals surface area contributed by atoms with Crippen molar-refractivity contribution in [3.63, 3.8) is 0 Å². The number of esters is 1. The summed E-state index contributed by atoms with van der Waals surface area (Å²) in [5, 5.41) is 11.1. The van der Waals surface area contributed by atoms with Crippen molar-refractivity contribution in [2.75, 3.05) is 6.61 Å². The van der Waals surface area contributed by atoms with E-state index in [-0.39, 0.29) is 51.1 Å². The van der Waals surface area contributed by atoms with Crippen molar-refractivity contribution in [2.24, 2.45) is 4.99 Å². The highest BCUT2D eigenvalue weighted by Gasteiger charge is 2.27. The number of non-ortho nitro benzene ring substituents is 1. The minimum absolute atomic E-state index is 0.0125. The number of aliphatic imine (C=N–C) groups is 1. The number of carbonyl (C=O) groups is 1. The number of rotatable bonds is 8. The largest absolute Gasteiger partial charge is 0.490 e. The van der Waals surface area contributed by atoms with Crippen LogP contribution in [-0.4, -0.2) is 23.4 Å². The monoisotopic (exact) mass is 530 g/mol. The fourth-order valence-electron chi connectivity index (χ4n) is 3.33. The number of ether oxygens (including phenoxy) is 3. The topological polar surface area (TPSA) is 100 Å². The van der Waals surface area contributed by atoms with Crippen LogP contribution in [0.3, 0.4) is 0 Å². The summed E-state index contributed by atoms with van der Waals surface area (Å²) in [6, 6.07) is 12.9. The Morgan fingerprint density at radius 2 is 1.92 bits per heavy atom. The summed E-state index contributed by atoms with van der Waals surface area (Å²) in [4.78, 5) is 26.9. The molecule has 0 saturated carbocycles. The van der Waals surface area contributed by atoms with Crippen LogP contribution in [0.15, 0.2) is 65.3 Å². The van der Waals surface area contributed by atoms with Gasteiger partial charge in [0.1, 0.15) is 12.4 Å². The molecule has 1 aliphatic rings. The molecule has 0 N–H and O–H groups in total. The number of nitrogens with zero attached hydrogens (tertiary/aromatic N) is 2. The van der Waals surface area contributed by atoms with E-state index in [2.05, 4.69) is 4.99 Å². The number of hydrogen-bond acceptors (Lipinski definition) is 7. The van der Waals surface area contributed by atoms with E-state index in [1.54, 1.807) is 31.2 Å². The Kier molecular flexibility index (Phi) is 7.52. The molecule has 11 heteroatoms. The van der Waals surface area contributed by atoms with Gasteiger partial charge in [-0.3, -0.25) is 10.1 Å². The summed E-state index contributed by atoms with van der Waals surface area (Å²) in [5.74, 6) is -0.618. The average Bonchev–Trinajstić information content (AvgIpc) is 3.18. The average molecular weight is 531 g/mol. The predicted octanol–water partition coefficient (Wildman–Crippen LogP) is 6.36. The van der Waals surface area contributed by atoms with Gasteiger partial charge in [0.15, 0.2) is 17.2 Å². The summed E-state index contributed by atoms with van der Waals surface area (Å²) >= 11 is 12.6. The van der Waals surface area contributed by atoms with E-state index in [0.717, 1.165) is 6.07 Å². The zero-order valence-corrected chi connectivity index (χ0v) is 20.2. The molecule has 0 aliphatic carbocycles. The molecular formula is C25H17Cl2FN2O6. The lowest BCUT2D eigenvalue weighted by Gasteiger charge is -2.14. The molecule has 8 nitrogen and oxygen atoms in total. The Hall–Kier alpha value is -3.95. The molecule has 1 aliphatic heterocycles. The lowest BCUT2D eigenvalue weighted by Crippen LogP contribution is -2.06. The molecule has 0 bridgehead atoms. The maximum Gasteiger partial charge on any atom is 0.363 e. The highest BCUT2D eigenvalue weighted by atomic mass is 35.5. The molecule has 3 aromatic carbocycles. The maximum atomic E-state index is 13.5. The Labute approximate surface area is 214 Å². The van der Waals surface area contributed by atoms with Gasteiger partial charge in [0.05, 0.1) is 27.1 Å². The molecule has 0 unspecified atom stereocenters. The fraction of sp³-hybridized carbons (Fsp3) is 0.120. The van der Waals surface area contributed by atoms with Gasteiger partial charge in [-0.05, 0) is 54.5 Å². The summed E-state index contributed by atoms with van der Waals surface area (Å²) in [6.07, 6.45) is 1.44. The highest BCUT2D eigenvalue weighted by Crippen LogP contribution is 2.38. The van der Waals surface area contributed by atoms with Crippen LogP contribution in [0.1, 0.15) is 23.6 Å². The summed E-state index contributed by atoms with van der Waals surface area (Å²) < 4.78 is 30.1. The van der Waals surface area contributed by atoms with Crippen molar-refractivity contribution < 1.29 is 28.3 Å². The number of halogens is 3. The molecule has 0 saturated heterocycles. The molecular weight excluding hydrogens is 514 g/mol. The van der Waals surface area contributed by atoms with Gasteiger partial charge in [-0.25, -0.2) is 14.2 Å². The Morgan fingerprint density at radius 1 is 1.11 bits per heavy atom. The van der Waals surface area contributed by atoms with E-state index >= 15 is 0 Å². The predicted molar refractivity (Wildman–Crippen MR) is 132 cm³/mol. The third kappa shape index (κ3) is 5.64. The number of cyclic esters (lactones) is 1. The van der Waals surface area contributed by atoms with Crippen molar-refractivity contribution in [3.05, 3.63) is 103 Å². The van der Waals surface area contributed by atoms with Crippen molar-refractivity contribution in [3.8, 4) is 11.5 Å². The van der Waals surface area contributed by atoms with Gasteiger partial charge < -0.3 is 14.2 Å². The first kappa shape index (κ1) is 25.2. The Bertz CT molecular complexity index is 1420. The van der Waals surface area contributed by atoms with E-state index in [9.17, 15) is 19.3 Å². The van der Waals surface area contributed by atoms with Crippen molar-refractivity contribution in [1.29, 1.82) is 0 Å². The zero-order valence-electron chi connectivity index (χ0n) is 18.7. The third-order valence-corrected chi connectivity index (χ3v) is 5.52. The quantitative estimate of drug-likeness (QED) is 0.145. The van der Waals surface area contributed by atoms with Gasteiger partial charge in [0.2, 0.25) is 5.90 Å². The normalized spacial score (nSPS) is 13.9. The van der Waals surface area contributed by atoms with E-state index in [0.29, 0.717) is 23.5 Å². The van der Waals surface area contributed by atoms with E-state index in [1.165, 1.54) is 30.3 Å². The molecule has 0 atom stereocenters. The standard InChI is InChI=1S/C25H17Cl2FN2O6/c1-2-34-22-11-15(9-20(27)23(22)35-13-14-4-3-5-16(28)8-14)10-21-25(31)36-24(29-21)18-7-6-17(30(32)33)12-19(18)26/h3-12H,2,13H2,1H3/b21-10-. The third-order valence-electron chi connectivity index (χ3n) is 4.92. The minimum Gasteiger partial charge on any atom is -0.490 e. The first-order chi connectivity index (χ1) is 17.2. The molecule has 4 rings (SSSR count). The fourth-order valence-corrected chi connectivity index (χ4v) is 3.86. The summed E-state index contributed by atoms with van der Waals surface area (Å²) in [6.45, 7) is 2.16. The molecule has 184 valence electrons. The van der Waals surface area contributed by atoms with Gasteiger partial charge in [-0.1, -0.05) is 35.3 Å². The summed E-state index contributed by atoms with van der Waals surface area (Å²) in [5.41, 5.74) is 1.08. The van der Waals surface area contributed by atoms with Crippen LogP contribution >= 0.6 is 23.2 Å². The van der Waals surface area contributed by atoms with Crippen molar-refractivity contribution >= 4 is 46.8 Å². The molecule has 36 heavy (non-hydrogen) atoms. The van der Waals surface area contributed by atoms with Gasteiger partial charge in [0, 0.05) is 12.1 Å². The number of nitro groups is 1. The maximum absolute atomic E-state index is 13.5. The number of hydrogen-bond donors (Lipinski definition) is 0. The molecule has 3 aromatic rings. The van der Waals surface area contributed by atoms with Crippen LogP contribution in [0.25, 0.3) is 6.08 Å². The van der Waals surface area contributed by atoms with E-state index in [1.807, 2.05) is 0 Å². The van der Waals surface area contributed by atoms with Gasteiger partial charge >= 0.3 is 5.97 Å². The van der Waals surface area contributed by atoms with E-state index in [4.69, 9.17) is 37.4 Å².